The van der Waals surface area contributed by atoms with E-state index in [2.05, 4.69) is 30.3 Å². The zero-order chi connectivity index (χ0) is 19.8. The fraction of sp³-hybridized carbons (Fsp3) is 0.0400. The van der Waals surface area contributed by atoms with E-state index >= 15 is 0 Å². The third-order valence-electron chi connectivity index (χ3n) is 4.97. The predicted octanol–water partition coefficient (Wildman–Crippen LogP) is 6.69. The molecule has 29 heavy (non-hydrogen) atoms. The molecule has 2 aromatic heterocycles. The number of hydrogen-bond donors (Lipinski definition) is 0. The van der Waals surface area contributed by atoms with Gasteiger partial charge in [0.1, 0.15) is 5.69 Å². The Morgan fingerprint density at radius 1 is 0.724 bits per heavy atom. The van der Waals surface area contributed by atoms with Crippen molar-refractivity contribution in [2.45, 2.75) is 6.92 Å². The molecule has 0 aliphatic rings. The smallest absolute Gasteiger partial charge is 0.164 e. The first-order valence-electron chi connectivity index (χ1n) is 9.48. The normalized spacial score (nSPS) is 11.1. The van der Waals surface area contributed by atoms with Crippen LogP contribution in [0.15, 0.2) is 91.0 Å². The monoisotopic (exact) mass is 395 g/mol. The summed E-state index contributed by atoms with van der Waals surface area (Å²) in [6.45, 7) is 2.02. The van der Waals surface area contributed by atoms with Crippen LogP contribution in [-0.2, 0) is 0 Å². The summed E-state index contributed by atoms with van der Waals surface area (Å²) in [5, 5.41) is 5.73. The highest BCUT2D eigenvalue weighted by Gasteiger charge is 2.20. The highest BCUT2D eigenvalue weighted by molar-refractivity contribution is 6.30. The molecule has 0 aliphatic carbocycles. The molecule has 0 aliphatic heterocycles. The Labute approximate surface area is 174 Å². The van der Waals surface area contributed by atoms with Crippen molar-refractivity contribution in [1.29, 1.82) is 0 Å². The van der Waals surface area contributed by atoms with E-state index in [1.807, 2.05) is 72.1 Å². The minimum atomic E-state index is 0.709. The molecule has 0 fully saturated rings. The largest absolute Gasteiger partial charge is 0.233 e. The molecule has 4 heteroatoms. The van der Waals surface area contributed by atoms with E-state index < -0.39 is 0 Å². The van der Waals surface area contributed by atoms with Gasteiger partial charge in [-0.1, -0.05) is 84.4 Å². The third kappa shape index (κ3) is 3.20. The quantitative estimate of drug-likeness (QED) is 0.340. The maximum Gasteiger partial charge on any atom is 0.164 e. The van der Waals surface area contributed by atoms with Crippen LogP contribution in [0.5, 0.6) is 0 Å². The van der Waals surface area contributed by atoms with E-state index in [9.17, 15) is 0 Å². The molecule has 0 unspecified atom stereocenters. The average molecular weight is 396 g/mol. The molecule has 0 N–H and O–H groups in total. The minimum Gasteiger partial charge on any atom is -0.233 e. The molecule has 3 aromatic carbocycles. The molecule has 140 valence electrons. The van der Waals surface area contributed by atoms with Gasteiger partial charge < -0.3 is 0 Å². The number of rotatable bonds is 3. The summed E-state index contributed by atoms with van der Waals surface area (Å²) in [4.78, 5) is 4.87. The lowest BCUT2D eigenvalue weighted by molar-refractivity contribution is 0.942. The summed E-state index contributed by atoms with van der Waals surface area (Å²) in [5.41, 5.74) is 7.92. The van der Waals surface area contributed by atoms with Gasteiger partial charge in [0.05, 0.1) is 11.3 Å². The summed E-state index contributed by atoms with van der Waals surface area (Å²) < 4.78 is 1.95. The molecule has 3 nitrogen and oxygen atoms in total. The van der Waals surface area contributed by atoms with Gasteiger partial charge in [-0.15, -0.1) is 0 Å². The van der Waals surface area contributed by atoms with Crippen LogP contribution in [0, 0.1) is 6.92 Å². The van der Waals surface area contributed by atoms with Gasteiger partial charge in [-0.2, -0.15) is 5.10 Å². The van der Waals surface area contributed by atoms with Gasteiger partial charge in [0.15, 0.2) is 5.65 Å². The van der Waals surface area contributed by atoms with Gasteiger partial charge >= 0.3 is 0 Å². The maximum atomic E-state index is 6.14. The zero-order valence-corrected chi connectivity index (χ0v) is 16.6. The molecule has 2 heterocycles. The van der Waals surface area contributed by atoms with Crippen LogP contribution in [0.4, 0.5) is 0 Å². The van der Waals surface area contributed by atoms with Crippen molar-refractivity contribution in [3.63, 3.8) is 0 Å². The Kier molecular flexibility index (Phi) is 4.38. The summed E-state index contributed by atoms with van der Waals surface area (Å²) in [6, 6.07) is 30.5. The number of halogens is 1. The number of nitrogens with zero attached hydrogens (tertiary/aromatic N) is 3. The molecule has 0 atom stereocenters. The topological polar surface area (TPSA) is 30.2 Å². The van der Waals surface area contributed by atoms with Gasteiger partial charge in [-0.05, 0) is 30.7 Å². The Morgan fingerprint density at radius 2 is 1.34 bits per heavy atom. The lowest BCUT2D eigenvalue weighted by Crippen LogP contribution is -1.98. The lowest BCUT2D eigenvalue weighted by atomic mass is 10.0. The first-order chi connectivity index (χ1) is 14.2. The zero-order valence-electron chi connectivity index (χ0n) is 15.9. The summed E-state index contributed by atoms with van der Waals surface area (Å²) in [6.07, 6.45) is 0. The van der Waals surface area contributed by atoms with E-state index in [0.717, 1.165) is 45.0 Å². The van der Waals surface area contributed by atoms with Gasteiger partial charge in [0, 0.05) is 21.8 Å². The van der Waals surface area contributed by atoms with Crippen LogP contribution in [0.2, 0.25) is 5.02 Å². The van der Waals surface area contributed by atoms with Crippen molar-refractivity contribution < 1.29 is 0 Å². The van der Waals surface area contributed by atoms with E-state index in [1.165, 1.54) is 0 Å². The highest BCUT2D eigenvalue weighted by Crippen LogP contribution is 2.36. The van der Waals surface area contributed by atoms with Crippen LogP contribution in [0.1, 0.15) is 5.69 Å². The first-order valence-corrected chi connectivity index (χ1v) is 9.86. The molecule has 0 amide bonds. The van der Waals surface area contributed by atoms with Gasteiger partial charge in [-0.25, -0.2) is 9.50 Å². The maximum absolute atomic E-state index is 6.14. The molecule has 0 spiro atoms. The number of aryl methyl sites for hydroxylation is 1. The number of fused-ring (bicyclic) bond motifs is 1. The molecule has 5 rings (SSSR count). The Balaban J connectivity index is 1.88. The standard InChI is InChI=1S/C25H18ClN3/c1-17-16-22(18-8-4-2-5-9-18)29-25(27-17)23(19-12-14-21(26)15-13-19)24(28-29)20-10-6-3-7-11-20/h2-16H,1H3. The van der Waals surface area contributed by atoms with E-state index in [4.69, 9.17) is 21.7 Å². The first kappa shape index (κ1) is 17.7. The van der Waals surface area contributed by atoms with Crippen molar-refractivity contribution in [3.05, 3.63) is 102 Å². The number of benzene rings is 3. The van der Waals surface area contributed by atoms with Crippen LogP contribution in [-0.4, -0.2) is 14.6 Å². The third-order valence-corrected chi connectivity index (χ3v) is 5.22. The molecule has 5 aromatic rings. The second-order valence-electron chi connectivity index (χ2n) is 6.98. The van der Waals surface area contributed by atoms with Crippen molar-refractivity contribution >= 4 is 17.2 Å². The molecule has 0 saturated carbocycles. The van der Waals surface area contributed by atoms with Gasteiger partial charge in [-0.3, -0.25) is 0 Å². The van der Waals surface area contributed by atoms with Crippen LogP contribution >= 0.6 is 11.6 Å². The predicted molar refractivity (Wildman–Crippen MR) is 119 cm³/mol. The van der Waals surface area contributed by atoms with Crippen molar-refractivity contribution in [3.8, 4) is 33.6 Å². The van der Waals surface area contributed by atoms with Gasteiger partial charge in [0.25, 0.3) is 0 Å². The molecule has 0 saturated heterocycles. The van der Waals surface area contributed by atoms with Gasteiger partial charge in [0.2, 0.25) is 0 Å². The lowest BCUT2D eigenvalue weighted by Gasteiger charge is -2.07. The average Bonchev–Trinajstić information content (AvgIpc) is 3.14. The molecule has 0 radical (unpaired) electrons. The fourth-order valence-electron chi connectivity index (χ4n) is 3.63. The Bertz CT molecular complexity index is 1290. The fourth-order valence-corrected chi connectivity index (χ4v) is 3.76. The van der Waals surface area contributed by atoms with Crippen molar-refractivity contribution in [2.75, 3.05) is 0 Å². The second-order valence-corrected chi connectivity index (χ2v) is 7.42. The van der Waals surface area contributed by atoms with Crippen LogP contribution in [0.25, 0.3) is 39.3 Å². The Morgan fingerprint density at radius 3 is 2.00 bits per heavy atom. The summed E-state index contributed by atoms with van der Waals surface area (Å²) >= 11 is 6.14. The highest BCUT2D eigenvalue weighted by atomic mass is 35.5. The van der Waals surface area contributed by atoms with Crippen molar-refractivity contribution in [2.24, 2.45) is 0 Å². The summed E-state index contributed by atoms with van der Waals surface area (Å²) in [7, 11) is 0. The second kappa shape index (κ2) is 7.19. The van der Waals surface area contributed by atoms with Crippen molar-refractivity contribution in [1.82, 2.24) is 14.6 Å². The number of hydrogen-bond acceptors (Lipinski definition) is 2. The van der Waals surface area contributed by atoms with Crippen LogP contribution in [0.3, 0.4) is 0 Å². The summed E-state index contributed by atoms with van der Waals surface area (Å²) in [5.74, 6) is 0. The molecular formula is C25H18ClN3. The van der Waals surface area contributed by atoms with E-state index in [-0.39, 0.29) is 0 Å². The molecule has 0 bridgehead atoms. The molecular weight excluding hydrogens is 378 g/mol. The van der Waals surface area contributed by atoms with E-state index in [0.29, 0.717) is 5.02 Å². The number of aromatic nitrogens is 3. The van der Waals surface area contributed by atoms with E-state index in [1.54, 1.807) is 0 Å². The Hall–Kier alpha value is -3.43. The van der Waals surface area contributed by atoms with Crippen LogP contribution < -0.4 is 0 Å². The minimum absolute atomic E-state index is 0.709. The SMILES string of the molecule is Cc1cc(-c2ccccc2)n2nc(-c3ccccc3)c(-c3ccc(Cl)cc3)c2n1.